The topological polar surface area (TPSA) is 86.5 Å². The van der Waals surface area contributed by atoms with Gasteiger partial charge in [-0.15, -0.1) is 0 Å². The molecule has 0 saturated carbocycles. The van der Waals surface area contributed by atoms with E-state index in [1.54, 1.807) is 13.8 Å². The van der Waals surface area contributed by atoms with Gasteiger partial charge in [-0.1, -0.05) is 0 Å². The predicted octanol–water partition coefficient (Wildman–Crippen LogP) is 0.885. The lowest BCUT2D eigenvalue weighted by Gasteiger charge is -2.14. The Balaban J connectivity index is 2.69. The molecule has 0 bridgehead atoms. The van der Waals surface area contributed by atoms with Crippen molar-refractivity contribution >= 4 is 17.7 Å². The first-order valence-corrected chi connectivity index (χ1v) is 4.83. The lowest BCUT2D eigenvalue weighted by Crippen LogP contribution is -2.23. The Kier molecular flexibility index (Phi) is 3.60. The minimum absolute atomic E-state index is 0.192. The van der Waals surface area contributed by atoms with Crippen molar-refractivity contribution in [2.24, 2.45) is 5.73 Å². The van der Waals surface area contributed by atoms with Crippen LogP contribution in [0.3, 0.4) is 0 Å². The average molecular weight is 223 g/mol. The number of primary amides is 1. The molecule has 0 radical (unpaired) electrons. The molecule has 16 heavy (non-hydrogen) atoms. The van der Waals surface area contributed by atoms with E-state index in [9.17, 15) is 14.4 Å². The van der Waals surface area contributed by atoms with Crippen LogP contribution in [0.15, 0.2) is 23.3 Å². The Bertz CT molecular complexity index is 406. The van der Waals surface area contributed by atoms with Crippen molar-refractivity contribution in [1.82, 2.24) is 0 Å². The zero-order valence-corrected chi connectivity index (χ0v) is 9.15. The quantitative estimate of drug-likeness (QED) is 0.719. The molecule has 0 saturated heterocycles. The first-order valence-electron chi connectivity index (χ1n) is 4.83. The molecular formula is C11H13NO4. The second-order valence-electron chi connectivity index (χ2n) is 3.68. The summed E-state index contributed by atoms with van der Waals surface area (Å²) in [6.45, 7) is 3.19. The highest BCUT2D eigenvalue weighted by molar-refractivity contribution is 6.19. The van der Waals surface area contributed by atoms with Crippen molar-refractivity contribution in [1.29, 1.82) is 0 Å². The molecular weight excluding hydrogens is 210 g/mol. The van der Waals surface area contributed by atoms with Crippen molar-refractivity contribution in [2.45, 2.75) is 26.4 Å². The van der Waals surface area contributed by atoms with Crippen molar-refractivity contribution in [3.8, 4) is 0 Å². The second-order valence-corrected chi connectivity index (χ2v) is 3.68. The fourth-order valence-corrected chi connectivity index (χ4v) is 1.41. The summed E-state index contributed by atoms with van der Waals surface area (Å²) in [6, 6.07) is 0. The van der Waals surface area contributed by atoms with Crippen LogP contribution in [-0.4, -0.2) is 23.8 Å². The van der Waals surface area contributed by atoms with E-state index in [1.165, 1.54) is 12.2 Å². The molecule has 5 nitrogen and oxygen atoms in total. The molecule has 0 aliphatic heterocycles. The zero-order valence-electron chi connectivity index (χ0n) is 9.15. The Morgan fingerprint density at radius 2 is 2.00 bits per heavy atom. The molecule has 5 heteroatoms. The number of ketones is 2. The SMILES string of the molecule is CC1=CC(=O)C(CC(C)OC(N)=O)=CC1=O. The van der Waals surface area contributed by atoms with Crippen LogP contribution in [0.2, 0.25) is 0 Å². The fraction of sp³-hybridized carbons (Fsp3) is 0.364. The van der Waals surface area contributed by atoms with Crippen LogP contribution in [0, 0.1) is 0 Å². The third-order valence-electron chi connectivity index (χ3n) is 2.18. The van der Waals surface area contributed by atoms with E-state index in [1.807, 2.05) is 0 Å². The normalized spacial score (nSPS) is 17.6. The van der Waals surface area contributed by atoms with Gasteiger partial charge in [0.05, 0.1) is 0 Å². The minimum atomic E-state index is -0.894. The van der Waals surface area contributed by atoms with Gasteiger partial charge < -0.3 is 10.5 Å². The summed E-state index contributed by atoms with van der Waals surface area (Å²) in [4.78, 5) is 33.3. The van der Waals surface area contributed by atoms with Crippen molar-refractivity contribution in [3.63, 3.8) is 0 Å². The highest BCUT2D eigenvalue weighted by atomic mass is 16.6. The minimum Gasteiger partial charge on any atom is -0.446 e. The number of carbonyl (C=O) groups excluding carboxylic acids is 3. The van der Waals surface area contributed by atoms with Crippen molar-refractivity contribution in [2.75, 3.05) is 0 Å². The molecule has 1 aliphatic rings. The molecule has 1 unspecified atom stereocenters. The molecule has 86 valence electrons. The summed E-state index contributed by atoms with van der Waals surface area (Å²) < 4.78 is 4.68. The smallest absolute Gasteiger partial charge is 0.404 e. The number of allylic oxidation sites excluding steroid dienone is 3. The first kappa shape index (κ1) is 12.2. The molecule has 0 aromatic carbocycles. The number of hydrogen-bond donors (Lipinski definition) is 1. The molecule has 0 fully saturated rings. The fourth-order valence-electron chi connectivity index (χ4n) is 1.41. The third-order valence-corrected chi connectivity index (χ3v) is 2.18. The monoisotopic (exact) mass is 223 g/mol. The second kappa shape index (κ2) is 4.74. The Morgan fingerprint density at radius 3 is 2.56 bits per heavy atom. The summed E-state index contributed by atoms with van der Waals surface area (Å²) in [5, 5.41) is 0. The molecule has 0 spiro atoms. The van der Waals surface area contributed by atoms with Crippen LogP contribution in [0.25, 0.3) is 0 Å². The van der Waals surface area contributed by atoms with Crippen molar-refractivity contribution < 1.29 is 19.1 Å². The van der Waals surface area contributed by atoms with E-state index in [0.717, 1.165) is 0 Å². The molecule has 1 aliphatic carbocycles. The van der Waals surface area contributed by atoms with Crippen LogP contribution in [0.5, 0.6) is 0 Å². The Labute approximate surface area is 92.9 Å². The third kappa shape index (κ3) is 3.05. The number of ether oxygens (including phenoxy) is 1. The van der Waals surface area contributed by atoms with Crippen LogP contribution >= 0.6 is 0 Å². The zero-order chi connectivity index (χ0) is 12.3. The number of carbonyl (C=O) groups is 3. The van der Waals surface area contributed by atoms with E-state index < -0.39 is 12.2 Å². The summed E-state index contributed by atoms with van der Waals surface area (Å²) in [5.41, 5.74) is 5.59. The maximum absolute atomic E-state index is 11.5. The Hall–Kier alpha value is -1.91. The standard InChI is InChI=1S/C11H13NO4/c1-6-3-10(14)8(5-9(6)13)4-7(2)16-11(12)15/h3,5,7H,4H2,1-2H3,(H2,12,15). The summed E-state index contributed by atoms with van der Waals surface area (Å²) in [6.07, 6.45) is 1.34. The highest BCUT2D eigenvalue weighted by Crippen LogP contribution is 2.17. The maximum atomic E-state index is 11.5. The van der Waals surface area contributed by atoms with Crippen LogP contribution in [0.1, 0.15) is 20.3 Å². The molecule has 0 aromatic heterocycles. The van der Waals surface area contributed by atoms with Gasteiger partial charge >= 0.3 is 6.09 Å². The van der Waals surface area contributed by atoms with E-state index in [2.05, 4.69) is 4.74 Å². The van der Waals surface area contributed by atoms with Crippen molar-refractivity contribution in [3.05, 3.63) is 23.3 Å². The van der Waals surface area contributed by atoms with E-state index >= 15 is 0 Å². The van der Waals surface area contributed by atoms with E-state index in [-0.39, 0.29) is 18.0 Å². The van der Waals surface area contributed by atoms with Gasteiger partial charge in [0.2, 0.25) is 0 Å². The van der Waals surface area contributed by atoms with Gasteiger partial charge in [-0.25, -0.2) is 4.79 Å². The van der Waals surface area contributed by atoms with Gasteiger partial charge in [-0.2, -0.15) is 0 Å². The van der Waals surface area contributed by atoms with Crippen LogP contribution in [-0.2, 0) is 14.3 Å². The molecule has 0 aromatic rings. The van der Waals surface area contributed by atoms with Gasteiger partial charge in [-0.3, -0.25) is 9.59 Å². The van der Waals surface area contributed by atoms with Crippen LogP contribution < -0.4 is 5.73 Å². The van der Waals surface area contributed by atoms with E-state index in [0.29, 0.717) is 11.1 Å². The van der Waals surface area contributed by atoms with E-state index in [4.69, 9.17) is 5.73 Å². The van der Waals surface area contributed by atoms with Gasteiger partial charge in [0.25, 0.3) is 0 Å². The largest absolute Gasteiger partial charge is 0.446 e. The maximum Gasteiger partial charge on any atom is 0.404 e. The first-order chi connectivity index (χ1) is 7.40. The molecule has 1 rings (SSSR count). The molecule has 0 heterocycles. The number of rotatable bonds is 3. The molecule has 1 amide bonds. The average Bonchev–Trinajstić information content (AvgIpc) is 2.12. The summed E-state index contributed by atoms with van der Waals surface area (Å²) >= 11 is 0. The summed E-state index contributed by atoms with van der Waals surface area (Å²) in [7, 11) is 0. The van der Waals surface area contributed by atoms with Gasteiger partial charge in [-0.05, 0) is 26.0 Å². The van der Waals surface area contributed by atoms with Gasteiger partial charge in [0, 0.05) is 17.6 Å². The molecule has 2 N–H and O–H groups in total. The van der Waals surface area contributed by atoms with Gasteiger partial charge in [0.15, 0.2) is 11.6 Å². The number of nitrogens with two attached hydrogens (primary N) is 1. The predicted molar refractivity (Wildman–Crippen MR) is 56.6 cm³/mol. The summed E-state index contributed by atoms with van der Waals surface area (Å²) in [5.74, 6) is -0.419. The van der Waals surface area contributed by atoms with Crippen LogP contribution in [0.4, 0.5) is 4.79 Å². The lowest BCUT2D eigenvalue weighted by molar-refractivity contribution is -0.115. The highest BCUT2D eigenvalue weighted by Gasteiger charge is 2.20. The number of hydrogen-bond acceptors (Lipinski definition) is 4. The number of amides is 1. The van der Waals surface area contributed by atoms with Gasteiger partial charge in [0.1, 0.15) is 6.10 Å². The lowest BCUT2D eigenvalue weighted by atomic mass is 9.94. The molecule has 1 atom stereocenters. The Morgan fingerprint density at radius 1 is 1.38 bits per heavy atom.